The summed E-state index contributed by atoms with van der Waals surface area (Å²) in [6.45, 7) is 6.71. The minimum Gasteiger partial charge on any atom is -0.444 e. The molecule has 1 aromatic heterocycles. The molecule has 1 aliphatic heterocycles. The fourth-order valence-electron chi connectivity index (χ4n) is 2.91. The van der Waals surface area contributed by atoms with Gasteiger partial charge < -0.3 is 15.0 Å². The van der Waals surface area contributed by atoms with Crippen molar-refractivity contribution in [3.63, 3.8) is 0 Å². The van der Waals surface area contributed by atoms with E-state index in [4.69, 9.17) is 16.3 Å². The van der Waals surface area contributed by atoms with Gasteiger partial charge in [-0.25, -0.2) is 19.2 Å². The van der Waals surface area contributed by atoms with Crippen LogP contribution in [0.1, 0.15) is 33.6 Å². The second-order valence-electron chi connectivity index (χ2n) is 7.39. The number of likely N-dealkylation sites (tertiary alicyclic amines) is 1. The number of halogens is 2. The molecule has 1 saturated heterocycles. The van der Waals surface area contributed by atoms with Crippen LogP contribution in [0.25, 0.3) is 10.9 Å². The molecule has 2 aromatic rings. The van der Waals surface area contributed by atoms with Crippen molar-refractivity contribution < 1.29 is 13.9 Å². The number of aromatic nitrogens is 2. The fraction of sp³-hybridized carbons (Fsp3) is 0.500. The highest BCUT2D eigenvalue weighted by molar-refractivity contribution is 6.28. The summed E-state index contributed by atoms with van der Waals surface area (Å²) >= 11 is 5.98. The van der Waals surface area contributed by atoms with Crippen LogP contribution in [0, 0.1) is 5.82 Å². The van der Waals surface area contributed by atoms with Gasteiger partial charge >= 0.3 is 6.09 Å². The number of carbonyl (C=O) groups excluding carboxylic acids is 1. The molecule has 140 valence electrons. The largest absolute Gasteiger partial charge is 0.444 e. The number of fused-ring (bicyclic) bond motifs is 1. The molecule has 26 heavy (non-hydrogen) atoms. The second-order valence-corrected chi connectivity index (χ2v) is 7.73. The van der Waals surface area contributed by atoms with E-state index < -0.39 is 5.60 Å². The topological polar surface area (TPSA) is 67.3 Å². The van der Waals surface area contributed by atoms with Gasteiger partial charge in [0.15, 0.2) is 0 Å². The summed E-state index contributed by atoms with van der Waals surface area (Å²) in [5.41, 5.74) is 0.0764. The molecule has 0 saturated carbocycles. The summed E-state index contributed by atoms with van der Waals surface area (Å²) in [6.07, 6.45) is 1.17. The third kappa shape index (κ3) is 4.52. The maximum Gasteiger partial charge on any atom is 0.410 e. The van der Waals surface area contributed by atoms with E-state index in [2.05, 4.69) is 15.3 Å². The molecule has 0 aliphatic carbocycles. The van der Waals surface area contributed by atoms with Crippen LogP contribution in [-0.2, 0) is 4.74 Å². The number of hydrogen-bond acceptors (Lipinski definition) is 5. The summed E-state index contributed by atoms with van der Waals surface area (Å²) in [6, 6.07) is 4.42. The Kier molecular flexibility index (Phi) is 5.18. The van der Waals surface area contributed by atoms with Gasteiger partial charge in [-0.1, -0.05) is 0 Å². The van der Waals surface area contributed by atoms with Crippen LogP contribution >= 0.6 is 11.6 Å². The van der Waals surface area contributed by atoms with Gasteiger partial charge in [0.05, 0.1) is 5.52 Å². The molecule has 0 radical (unpaired) electrons. The molecule has 1 amide bonds. The lowest BCUT2D eigenvalue weighted by Crippen LogP contribution is -2.44. The number of hydrogen-bond donors (Lipinski definition) is 1. The molecule has 1 aliphatic rings. The number of benzene rings is 1. The Morgan fingerprint density at radius 3 is 2.65 bits per heavy atom. The lowest BCUT2D eigenvalue weighted by Gasteiger charge is -2.34. The zero-order valence-electron chi connectivity index (χ0n) is 15.1. The first-order valence-corrected chi connectivity index (χ1v) is 8.96. The number of anilines is 1. The third-order valence-corrected chi connectivity index (χ3v) is 4.29. The van der Waals surface area contributed by atoms with E-state index in [1.807, 2.05) is 20.8 Å². The van der Waals surface area contributed by atoms with E-state index in [9.17, 15) is 9.18 Å². The summed E-state index contributed by atoms with van der Waals surface area (Å²) < 4.78 is 19.0. The minimum atomic E-state index is -0.507. The predicted molar refractivity (Wildman–Crippen MR) is 99.0 cm³/mol. The maximum atomic E-state index is 13.6. The molecule has 8 heteroatoms. The van der Waals surface area contributed by atoms with Crippen LogP contribution in [0.4, 0.5) is 15.0 Å². The fourth-order valence-corrected chi connectivity index (χ4v) is 3.08. The number of rotatable bonds is 2. The molecule has 1 aromatic carbocycles. The third-order valence-electron chi connectivity index (χ3n) is 4.12. The van der Waals surface area contributed by atoms with Crippen molar-refractivity contribution in [1.82, 2.24) is 14.9 Å². The first-order chi connectivity index (χ1) is 12.2. The molecule has 2 heterocycles. The zero-order chi connectivity index (χ0) is 18.9. The molecule has 6 nitrogen and oxygen atoms in total. The van der Waals surface area contributed by atoms with Crippen molar-refractivity contribution in [1.29, 1.82) is 0 Å². The van der Waals surface area contributed by atoms with Gasteiger partial charge in [0.2, 0.25) is 5.28 Å². The van der Waals surface area contributed by atoms with Gasteiger partial charge in [-0.2, -0.15) is 0 Å². The SMILES string of the molecule is CC(C)(C)OC(=O)N1CCC(Nc2nc(Cl)nc3ccc(F)cc23)CC1. The van der Waals surface area contributed by atoms with Crippen molar-refractivity contribution in [3.05, 3.63) is 29.3 Å². The number of nitrogens with zero attached hydrogens (tertiary/aromatic N) is 3. The summed E-state index contributed by atoms with van der Waals surface area (Å²) in [5, 5.41) is 4.01. The Morgan fingerprint density at radius 2 is 2.00 bits per heavy atom. The van der Waals surface area contributed by atoms with Crippen molar-refractivity contribution in [3.8, 4) is 0 Å². The number of ether oxygens (including phenoxy) is 1. The lowest BCUT2D eigenvalue weighted by atomic mass is 10.1. The average molecular weight is 381 g/mol. The van der Waals surface area contributed by atoms with E-state index in [0.29, 0.717) is 29.8 Å². The quantitative estimate of drug-likeness (QED) is 0.789. The van der Waals surface area contributed by atoms with Gasteiger partial charge in [-0.05, 0) is 63.4 Å². The number of nitrogens with one attached hydrogen (secondary N) is 1. The maximum absolute atomic E-state index is 13.6. The Labute approximate surface area is 156 Å². The van der Waals surface area contributed by atoms with Crippen LogP contribution < -0.4 is 5.32 Å². The van der Waals surface area contributed by atoms with Crippen LogP contribution in [0.15, 0.2) is 18.2 Å². The summed E-state index contributed by atoms with van der Waals surface area (Å²) in [7, 11) is 0. The second kappa shape index (κ2) is 7.23. The van der Waals surface area contributed by atoms with Crippen molar-refractivity contribution >= 4 is 34.4 Å². The highest BCUT2D eigenvalue weighted by atomic mass is 35.5. The minimum absolute atomic E-state index is 0.103. The van der Waals surface area contributed by atoms with Crippen LogP contribution in [-0.4, -0.2) is 45.7 Å². The number of amides is 1. The van der Waals surface area contributed by atoms with Gasteiger partial charge in [-0.15, -0.1) is 0 Å². The number of carbonyl (C=O) groups is 1. The van der Waals surface area contributed by atoms with Crippen molar-refractivity contribution in [2.75, 3.05) is 18.4 Å². The van der Waals surface area contributed by atoms with Gasteiger partial charge in [-0.3, -0.25) is 0 Å². The van der Waals surface area contributed by atoms with Crippen LogP contribution in [0.3, 0.4) is 0 Å². The normalized spacial score (nSPS) is 16.0. The molecular weight excluding hydrogens is 359 g/mol. The first kappa shape index (κ1) is 18.6. The number of piperidine rings is 1. The van der Waals surface area contributed by atoms with Gasteiger partial charge in [0.25, 0.3) is 0 Å². The molecule has 0 bridgehead atoms. The summed E-state index contributed by atoms with van der Waals surface area (Å²) in [4.78, 5) is 22.2. The standard InChI is InChI=1S/C18H22ClFN4O2/c1-18(2,3)26-17(25)24-8-6-12(7-9-24)21-15-13-10-11(20)4-5-14(13)22-16(19)23-15/h4-5,10,12H,6-9H2,1-3H3,(H,21,22,23). The first-order valence-electron chi connectivity index (χ1n) is 8.58. The van der Waals surface area contributed by atoms with Crippen LogP contribution in [0.5, 0.6) is 0 Å². The summed E-state index contributed by atoms with van der Waals surface area (Å²) in [5.74, 6) is 0.154. The van der Waals surface area contributed by atoms with Gasteiger partial charge in [0, 0.05) is 24.5 Å². The van der Waals surface area contributed by atoms with Crippen LogP contribution in [0.2, 0.25) is 5.28 Å². The Bertz CT molecular complexity index is 817. The van der Waals surface area contributed by atoms with Gasteiger partial charge in [0.1, 0.15) is 17.2 Å². The highest BCUT2D eigenvalue weighted by Gasteiger charge is 2.27. The van der Waals surface area contributed by atoms with Crippen molar-refractivity contribution in [2.45, 2.75) is 45.3 Å². The molecule has 0 atom stereocenters. The smallest absolute Gasteiger partial charge is 0.410 e. The molecule has 0 spiro atoms. The van der Waals surface area contributed by atoms with E-state index in [0.717, 1.165) is 12.8 Å². The Hall–Kier alpha value is -2.15. The monoisotopic (exact) mass is 380 g/mol. The van der Waals surface area contributed by atoms with E-state index in [-0.39, 0.29) is 23.2 Å². The predicted octanol–water partition coefficient (Wildman–Crippen LogP) is 4.23. The Morgan fingerprint density at radius 1 is 1.31 bits per heavy atom. The molecule has 1 fully saturated rings. The highest BCUT2D eigenvalue weighted by Crippen LogP contribution is 2.25. The van der Waals surface area contributed by atoms with E-state index in [1.54, 1.807) is 11.0 Å². The lowest BCUT2D eigenvalue weighted by molar-refractivity contribution is 0.0210. The van der Waals surface area contributed by atoms with E-state index >= 15 is 0 Å². The zero-order valence-corrected chi connectivity index (χ0v) is 15.8. The molecule has 0 unspecified atom stereocenters. The molecule has 3 rings (SSSR count). The Balaban J connectivity index is 1.68. The van der Waals surface area contributed by atoms with Crippen molar-refractivity contribution in [2.24, 2.45) is 0 Å². The average Bonchev–Trinajstić information content (AvgIpc) is 2.54. The molecule has 1 N–H and O–H groups in total. The molecular formula is C18H22ClFN4O2. The van der Waals surface area contributed by atoms with E-state index in [1.165, 1.54) is 12.1 Å².